The van der Waals surface area contributed by atoms with E-state index in [1.54, 1.807) is 18.2 Å². The summed E-state index contributed by atoms with van der Waals surface area (Å²) in [6.07, 6.45) is -0.948. The standard InChI is InChI=1S/C14H17Cl2NO4S/c1-13(2,3)14(8-21-22(20)17(14)12(18)19)7-9-4-5-10(15)11(16)6-9/h4-6H,7-8H2,1-3H3,(H,18,19)/t14-,22?/m1/s1. The fraction of sp³-hybridized carbons (Fsp3) is 0.500. The molecule has 122 valence electrons. The first-order valence-electron chi connectivity index (χ1n) is 6.61. The summed E-state index contributed by atoms with van der Waals surface area (Å²) in [6.45, 7) is 5.74. The van der Waals surface area contributed by atoms with E-state index in [1.165, 1.54) is 0 Å². The maximum atomic E-state index is 12.0. The maximum Gasteiger partial charge on any atom is 0.421 e. The summed E-state index contributed by atoms with van der Waals surface area (Å²) < 4.78 is 18.0. The number of halogens is 2. The summed E-state index contributed by atoms with van der Waals surface area (Å²) in [5, 5.41) is 10.3. The Morgan fingerprint density at radius 1 is 1.41 bits per heavy atom. The van der Waals surface area contributed by atoms with Crippen molar-refractivity contribution in [1.82, 2.24) is 4.31 Å². The van der Waals surface area contributed by atoms with Crippen LogP contribution < -0.4 is 0 Å². The third-order valence-corrected chi connectivity index (χ3v) is 5.85. The lowest BCUT2D eigenvalue weighted by Crippen LogP contribution is -2.58. The van der Waals surface area contributed by atoms with Gasteiger partial charge in [-0.1, -0.05) is 50.0 Å². The summed E-state index contributed by atoms with van der Waals surface area (Å²) in [5.41, 5.74) is -0.650. The molecule has 2 rings (SSSR count). The molecule has 0 bridgehead atoms. The van der Waals surface area contributed by atoms with Crippen LogP contribution in [-0.2, 0) is 21.9 Å². The molecule has 22 heavy (non-hydrogen) atoms. The van der Waals surface area contributed by atoms with Crippen LogP contribution in [0.4, 0.5) is 4.79 Å². The Kier molecular flexibility index (Phi) is 4.78. The molecule has 1 saturated heterocycles. The first-order chi connectivity index (χ1) is 10.1. The minimum Gasteiger partial charge on any atom is -0.464 e. The minimum absolute atomic E-state index is 0.0512. The van der Waals surface area contributed by atoms with Gasteiger partial charge in [-0.2, -0.15) is 4.31 Å². The van der Waals surface area contributed by atoms with Crippen molar-refractivity contribution in [2.24, 2.45) is 5.41 Å². The van der Waals surface area contributed by atoms with Gasteiger partial charge in [-0.25, -0.2) is 9.00 Å². The smallest absolute Gasteiger partial charge is 0.421 e. The van der Waals surface area contributed by atoms with Crippen molar-refractivity contribution in [2.75, 3.05) is 6.61 Å². The number of rotatable bonds is 2. The summed E-state index contributed by atoms with van der Waals surface area (Å²) in [5.74, 6) is 0. The zero-order chi connectivity index (χ0) is 16.7. The van der Waals surface area contributed by atoms with Gasteiger partial charge in [0.2, 0.25) is 0 Å². The molecule has 1 N–H and O–H groups in total. The van der Waals surface area contributed by atoms with Gasteiger partial charge < -0.3 is 5.11 Å². The predicted octanol–water partition coefficient (Wildman–Crippen LogP) is 3.91. The van der Waals surface area contributed by atoms with Gasteiger partial charge in [-0.15, -0.1) is 0 Å². The van der Waals surface area contributed by atoms with Gasteiger partial charge in [0.15, 0.2) is 0 Å². The van der Waals surface area contributed by atoms with Crippen LogP contribution in [0, 0.1) is 5.41 Å². The Morgan fingerprint density at radius 2 is 2.05 bits per heavy atom. The lowest BCUT2D eigenvalue weighted by atomic mass is 9.70. The highest BCUT2D eigenvalue weighted by Crippen LogP contribution is 2.44. The maximum absolute atomic E-state index is 12.0. The number of carbonyl (C=O) groups is 1. The second-order valence-electron chi connectivity index (χ2n) is 6.26. The average molecular weight is 366 g/mol. The van der Waals surface area contributed by atoms with Crippen molar-refractivity contribution in [2.45, 2.75) is 32.7 Å². The number of amides is 1. The van der Waals surface area contributed by atoms with Crippen molar-refractivity contribution >= 4 is 40.6 Å². The summed E-state index contributed by atoms with van der Waals surface area (Å²) in [4.78, 5) is 11.6. The van der Waals surface area contributed by atoms with E-state index in [0.29, 0.717) is 16.5 Å². The minimum atomic E-state index is -2.02. The fourth-order valence-corrected chi connectivity index (χ4v) is 4.07. The third kappa shape index (κ3) is 2.97. The van der Waals surface area contributed by atoms with E-state index in [0.717, 1.165) is 9.87 Å². The molecule has 1 aliphatic rings. The zero-order valence-corrected chi connectivity index (χ0v) is 14.8. The summed E-state index contributed by atoms with van der Waals surface area (Å²) in [6, 6.07) is 5.13. The molecule has 1 amide bonds. The van der Waals surface area contributed by atoms with Crippen molar-refractivity contribution < 1.29 is 18.3 Å². The zero-order valence-electron chi connectivity index (χ0n) is 12.4. The van der Waals surface area contributed by atoms with E-state index in [1.807, 2.05) is 20.8 Å². The van der Waals surface area contributed by atoms with Gasteiger partial charge in [0, 0.05) is 0 Å². The Bertz CT molecular complexity index is 632. The van der Waals surface area contributed by atoms with Gasteiger partial charge in [0.1, 0.15) is 0 Å². The molecule has 5 nitrogen and oxygen atoms in total. The fourth-order valence-electron chi connectivity index (χ4n) is 2.55. The molecule has 1 aromatic rings. The van der Waals surface area contributed by atoms with Gasteiger partial charge >= 0.3 is 6.09 Å². The highest BCUT2D eigenvalue weighted by molar-refractivity contribution is 7.78. The van der Waals surface area contributed by atoms with Crippen LogP contribution in [0.2, 0.25) is 10.0 Å². The normalized spacial score (nSPS) is 25.5. The van der Waals surface area contributed by atoms with Gasteiger partial charge in [0.25, 0.3) is 11.3 Å². The molecule has 0 aliphatic carbocycles. The highest BCUT2D eigenvalue weighted by Gasteiger charge is 2.57. The number of carboxylic acid groups (broad SMARTS) is 1. The molecule has 1 aromatic carbocycles. The van der Waals surface area contributed by atoms with E-state index in [4.69, 9.17) is 27.4 Å². The summed E-state index contributed by atoms with van der Waals surface area (Å²) >= 11 is 9.93. The number of nitrogens with zero attached hydrogens (tertiary/aromatic N) is 1. The third-order valence-electron chi connectivity index (χ3n) is 3.99. The highest BCUT2D eigenvalue weighted by atomic mass is 35.5. The van der Waals surface area contributed by atoms with E-state index in [9.17, 15) is 14.1 Å². The van der Waals surface area contributed by atoms with Crippen LogP contribution in [0.25, 0.3) is 0 Å². The Hall–Kier alpha value is -0.820. The molecule has 1 heterocycles. The molecule has 1 fully saturated rings. The number of hydrogen-bond donors (Lipinski definition) is 1. The topological polar surface area (TPSA) is 66.8 Å². The molecular formula is C14H17Cl2NO4S. The summed E-state index contributed by atoms with van der Waals surface area (Å²) in [7, 11) is 0. The van der Waals surface area contributed by atoms with Crippen LogP contribution in [0.15, 0.2) is 18.2 Å². The Labute approximate surface area is 141 Å². The van der Waals surface area contributed by atoms with Crippen LogP contribution >= 0.6 is 23.2 Å². The van der Waals surface area contributed by atoms with Gasteiger partial charge in [0.05, 0.1) is 22.2 Å². The van der Waals surface area contributed by atoms with E-state index in [-0.39, 0.29) is 6.61 Å². The molecule has 8 heteroatoms. The molecule has 0 aromatic heterocycles. The molecule has 1 unspecified atom stereocenters. The molecule has 1 aliphatic heterocycles. The van der Waals surface area contributed by atoms with Crippen molar-refractivity contribution in [3.8, 4) is 0 Å². The Morgan fingerprint density at radius 3 is 2.55 bits per heavy atom. The quantitative estimate of drug-likeness (QED) is 0.862. The number of hydrogen-bond acceptors (Lipinski definition) is 3. The molecule has 0 saturated carbocycles. The first kappa shape index (κ1) is 17.5. The molecule has 2 atom stereocenters. The monoisotopic (exact) mass is 365 g/mol. The van der Waals surface area contributed by atoms with Crippen LogP contribution in [-0.4, -0.2) is 31.9 Å². The largest absolute Gasteiger partial charge is 0.464 e. The molecule has 0 spiro atoms. The van der Waals surface area contributed by atoms with Crippen molar-refractivity contribution in [3.63, 3.8) is 0 Å². The van der Waals surface area contributed by atoms with Crippen LogP contribution in [0.3, 0.4) is 0 Å². The van der Waals surface area contributed by atoms with Crippen LogP contribution in [0.1, 0.15) is 26.3 Å². The number of benzene rings is 1. The lowest BCUT2D eigenvalue weighted by molar-refractivity contribution is 0.0534. The van der Waals surface area contributed by atoms with Gasteiger partial charge in [-0.3, -0.25) is 4.18 Å². The molecule has 0 radical (unpaired) electrons. The van der Waals surface area contributed by atoms with E-state index in [2.05, 4.69) is 0 Å². The van der Waals surface area contributed by atoms with E-state index < -0.39 is 28.3 Å². The Balaban J connectivity index is 2.49. The van der Waals surface area contributed by atoms with Gasteiger partial charge in [-0.05, 0) is 29.5 Å². The van der Waals surface area contributed by atoms with Crippen LogP contribution in [0.5, 0.6) is 0 Å². The average Bonchev–Trinajstić information content (AvgIpc) is 2.72. The van der Waals surface area contributed by atoms with Crippen molar-refractivity contribution in [1.29, 1.82) is 0 Å². The first-order valence-corrected chi connectivity index (χ1v) is 8.39. The SMILES string of the molecule is CC(C)(C)[C@@]1(Cc2ccc(Cl)c(Cl)c2)COS(=O)N1C(=O)O. The van der Waals surface area contributed by atoms with Crippen molar-refractivity contribution in [3.05, 3.63) is 33.8 Å². The molecular weight excluding hydrogens is 349 g/mol. The second-order valence-corrected chi connectivity index (χ2v) is 8.11. The lowest BCUT2D eigenvalue weighted by Gasteiger charge is -2.44. The predicted molar refractivity (Wildman–Crippen MR) is 86.3 cm³/mol. The second kappa shape index (κ2) is 6.00. The van der Waals surface area contributed by atoms with E-state index >= 15 is 0 Å².